The first-order valence-electron chi connectivity index (χ1n) is 8.96. The average molecular weight is 387 g/mol. The lowest BCUT2D eigenvalue weighted by Gasteiger charge is -2.32. The Bertz CT molecular complexity index is 763. The fraction of sp³-hybridized carbons (Fsp3) is 0.350. The Morgan fingerprint density at radius 2 is 1.78 bits per heavy atom. The van der Waals surface area contributed by atoms with Crippen LogP contribution in [0.25, 0.3) is 0 Å². The number of benzene rings is 1. The van der Waals surface area contributed by atoms with Crippen molar-refractivity contribution in [2.45, 2.75) is 17.7 Å². The standard InChI is InChI=1S/C20H22FN3O2S/c21-17-1-3-18(4-2-17)27-14-19(25)23-13-15-7-11-24(12-8-15)20(26)16-5-9-22-10-6-16/h1-6,9-10,15H,7-8,11-14H2,(H,23,25). The molecule has 0 atom stereocenters. The summed E-state index contributed by atoms with van der Waals surface area (Å²) in [6.07, 6.45) is 5.00. The molecule has 7 heteroatoms. The van der Waals surface area contributed by atoms with Gasteiger partial charge >= 0.3 is 0 Å². The van der Waals surface area contributed by atoms with Gasteiger partial charge in [-0.1, -0.05) is 0 Å². The molecule has 1 aliphatic rings. The molecule has 0 aliphatic carbocycles. The van der Waals surface area contributed by atoms with Crippen LogP contribution in [0.5, 0.6) is 0 Å². The van der Waals surface area contributed by atoms with Gasteiger partial charge in [-0.05, 0) is 55.2 Å². The number of pyridine rings is 1. The quantitative estimate of drug-likeness (QED) is 0.774. The van der Waals surface area contributed by atoms with Crippen LogP contribution in [0.4, 0.5) is 4.39 Å². The van der Waals surface area contributed by atoms with Crippen molar-refractivity contribution in [1.29, 1.82) is 0 Å². The summed E-state index contributed by atoms with van der Waals surface area (Å²) < 4.78 is 12.9. The van der Waals surface area contributed by atoms with E-state index < -0.39 is 0 Å². The van der Waals surface area contributed by atoms with Crippen LogP contribution < -0.4 is 5.32 Å². The van der Waals surface area contributed by atoms with Crippen molar-refractivity contribution in [3.05, 3.63) is 60.2 Å². The molecule has 1 N–H and O–H groups in total. The van der Waals surface area contributed by atoms with E-state index >= 15 is 0 Å². The maximum Gasteiger partial charge on any atom is 0.253 e. The van der Waals surface area contributed by atoms with Gasteiger partial charge in [-0.15, -0.1) is 11.8 Å². The third-order valence-corrected chi connectivity index (χ3v) is 5.61. The van der Waals surface area contributed by atoms with Crippen LogP contribution in [-0.4, -0.2) is 47.1 Å². The lowest BCUT2D eigenvalue weighted by atomic mass is 9.96. The second kappa shape index (κ2) is 9.50. The molecule has 0 unspecified atom stereocenters. The summed E-state index contributed by atoms with van der Waals surface area (Å²) >= 11 is 1.39. The molecule has 5 nitrogen and oxygen atoms in total. The highest BCUT2D eigenvalue weighted by molar-refractivity contribution is 8.00. The molecule has 0 bridgehead atoms. The van der Waals surface area contributed by atoms with Crippen LogP contribution in [0.1, 0.15) is 23.2 Å². The van der Waals surface area contributed by atoms with Crippen LogP contribution in [0.3, 0.4) is 0 Å². The molecule has 0 radical (unpaired) electrons. The van der Waals surface area contributed by atoms with E-state index in [0.29, 0.717) is 36.9 Å². The second-order valence-corrected chi connectivity index (χ2v) is 7.57. The number of halogens is 1. The minimum atomic E-state index is -0.280. The summed E-state index contributed by atoms with van der Waals surface area (Å²) in [6.45, 7) is 2.03. The number of likely N-dealkylation sites (tertiary alicyclic amines) is 1. The van der Waals surface area contributed by atoms with E-state index in [1.54, 1.807) is 36.7 Å². The van der Waals surface area contributed by atoms with E-state index in [1.807, 2.05) is 4.90 Å². The molecule has 1 aromatic heterocycles. The summed E-state index contributed by atoms with van der Waals surface area (Å²) in [5.74, 6) is 0.421. The fourth-order valence-electron chi connectivity index (χ4n) is 3.01. The molecule has 2 heterocycles. The van der Waals surface area contributed by atoms with Crippen molar-refractivity contribution in [2.75, 3.05) is 25.4 Å². The molecule has 1 aromatic carbocycles. The molecule has 2 aromatic rings. The van der Waals surface area contributed by atoms with Crippen molar-refractivity contribution >= 4 is 23.6 Å². The van der Waals surface area contributed by atoms with Gasteiger partial charge in [0.2, 0.25) is 5.91 Å². The van der Waals surface area contributed by atoms with Crippen molar-refractivity contribution < 1.29 is 14.0 Å². The third kappa shape index (κ3) is 5.79. The normalized spacial score (nSPS) is 14.8. The van der Waals surface area contributed by atoms with Gasteiger partial charge < -0.3 is 10.2 Å². The van der Waals surface area contributed by atoms with E-state index in [4.69, 9.17) is 0 Å². The predicted molar refractivity (Wildman–Crippen MR) is 103 cm³/mol. The van der Waals surface area contributed by atoms with Gasteiger partial charge in [0, 0.05) is 42.5 Å². The highest BCUT2D eigenvalue weighted by atomic mass is 32.2. The first-order chi connectivity index (χ1) is 13.1. The summed E-state index contributed by atoms with van der Waals surface area (Å²) in [5, 5.41) is 2.96. The highest BCUT2D eigenvalue weighted by Gasteiger charge is 2.23. The SMILES string of the molecule is O=C(CSc1ccc(F)cc1)NCC1CCN(C(=O)c2ccncc2)CC1. The van der Waals surface area contributed by atoms with E-state index in [2.05, 4.69) is 10.3 Å². The van der Waals surface area contributed by atoms with Crippen molar-refractivity contribution in [2.24, 2.45) is 5.92 Å². The largest absolute Gasteiger partial charge is 0.355 e. The minimum Gasteiger partial charge on any atom is -0.355 e. The van der Waals surface area contributed by atoms with Gasteiger partial charge in [0.1, 0.15) is 5.82 Å². The average Bonchev–Trinajstić information content (AvgIpc) is 2.72. The number of thioether (sulfide) groups is 1. The maximum atomic E-state index is 12.9. The van der Waals surface area contributed by atoms with Gasteiger partial charge in [0.15, 0.2) is 0 Å². The van der Waals surface area contributed by atoms with Gasteiger partial charge in [0.25, 0.3) is 5.91 Å². The Morgan fingerprint density at radius 3 is 2.44 bits per heavy atom. The van der Waals surface area contributed by atoms with Crippen LogP contribution >= 0.6 is 11.8 Å². The molecule has 0 saturated carbocycles. The Kier molecular flexibility index (Phi) is 6.81. The summed E-state index contributed by atoms with van der Waals surface area (Å²) in [6, 6.07) is 9.58. The van der Waals surface area contributed by atoms with Gasteiger partial charge in [0.05, 0.1) is 5.75 Å². The zero-order valence-corrected chi connectivity index (χ0v) is 15.8. The molecule has 3 rings (SSSR count). The second-order valence-electron chi connectivity index (χ2n) is 6.52. The Labute approximate surface area is 162 Å². The number of amides is 2. The Balaban J connectivity index is 1.36. The fourth-order valence-corrected chi connectivity index (χ4v) is 3.73. The number of nitrogens with one attached hydrogen (secondary N) is 1. The topological polar surface area (TPSA) is 62.3 Å². The monoisotopic (exact) mass is 387 g/mol. The number of nitrogens with zero attached hydrogens (tertiary/aromatic N) is 2. The Morgan fingerprint density at radius 1 is 1.11 bits per heavy atom. The van der Waals surface area contributed by atoms with Crippen molar-refractivity contribution in [3.63, 3.8) is 0 Å². The molecule has 1 aliphatic heterocycles. The first kappa shape index (κ1) is 19.4. The number of rotatable bonds is 6. The highest BCUT2D eigenvalue weighted by Crippen LogP contribution is 2.20. The number of carbonyl (C=O) groups excluding carboxylic acids is 2. The zero-order valence-electron chi connectivity index (χ0n) is 14.9. The lowest BCUT2D eigenvalue weighted by molar-refractivity contribution is -0.118. The minimum absolute atomic E-state index is 0.0281. The number of carbonyl (C=O) groups is 2. The maximum absolute atomic E-state index is 12.9. The van der Waals surface area contributed by atoms with Gasteiger partial charge in [-0.3, -0.25) is 14.6 Å². The predicted octanol–water partition coefficient (Wildman–Crippen LogP) is 2.98. The lowest BCUT2D eigenvalue weighted by Crippen LogP contribution is -2.41. The van der Waals surface area contributed by atoms with Gasteiger partial charge in [-0.2, -0.15) is 0 Å². The third-order valence-electron chi connectivity index (χ3n) is 4.60. The molecular weight excluding hydrogens is 365 g/mol. The summed E-state index contributed by atoms with van der Waals surface area (Å²) in [7, 11) is 0. The molecule has 27 heavy (non-hydrogen) atoms. The van der Waals surface area contributed by atoms with Crippen LogP contribution in [0.2, 0.25) is 0 Å². The molecule has 1 fully saturated rings. The number of aromatic nitrogens is 1. The number of hydrogen-bond acceptors (Lipinski definition) is 4. The van der Waals surface area contributed by atoms with Crippen LogP contribution in [0.15, 0.2) is 53.7 Å². The molecular formula is C20H22FN3O2S. The van der Waals surface area contributed by atoms with E-state index in [-0.39, 0.29) is 17.6 Å². The molecule has 2 amide bonds. The van der Waals surface area contributed by atoms with Crippen molar-refractivity contribution in [1.82, 2.24) is 15.2 Å². The van der Waals surface area contributed by atoms with Crippen molar-refractivity contribution in [3.8, 4) is 0 Å². The number of hydrogen-bond donors (Lipinski definition) is 1. The molecule has 0 spiro atoms. The zero-order chi connectivity index (χ0) is 19.1. The smallest absolute Gasteiger partial charge is 0.253 e. The van der Waals surface area contributed by atoms with E-state index in [0.717, 1.165) is 17.7 Å². The molecule has 142 valence electrons. The van der Waals surface area contributed by atoms with E-state index in [9.17, 15) is 14.0 Å². The van der Waals surface area contributed by atoms with Crippen LogP contribution in [0, 0.1) is 11.7 Å². The van der Waals surface area contributed by atoms with E-state index in [1.165, 1.54) is 23.9 Å². The molecule has 1 saturated heterocycles. The van der Waals surface area contributed by atoms with Gasteiger partial charge in [-0.25, -0.2) is 4.39 Å². The first-order valence-corrected chi connectivity index (χ1v) is 9.95. The summed E-state index contributed by atoms with van der Waals surface area (Å²) in [4.78, 5) is 31.1. The van der Waals surface area contributed by atoms with Crippen LogP contribution in [-0.2, 0) is 4.79 Å². The number of piperidine rings is 1. The Hall–Kier alpha value is -2.41. The summed E-state index contributed by atoms with van der Waals surface area (Å²) in [5.41, 5.74) is 0.662.